The zero-order valence-corrected chi connectivity index (χ0v) is 14.6. The Morgan fingerprint density at radius 1 is 1.17 bits per heavy atom. The lowest BCUT2D eigenvalue weighted by Gasteiger charge is -2.06. The van der Waals surface area contributed by atoms with E-state index in [0.29, 0.717) is 5.56 Å². The van der Waals surface area contributed by atoms with Gasteiger partial charge in [-0.3, -0.25) is 0 Å². The van der Waals surface area contributed by atoms with Gasteiger partial charge in [-0.15, -0.1) is 0 Å². The normalized spacial score (nSPS) is 12.0. The summed E-state index contributed by atoms with van der Waals surface area (Å²) in [6.45, 7) is 2.02. The van der Waals surface area contributed by atoms with Crippen molar-refractivity contribution in [2.24, 2.45) is 0 Å². The van der Waals surface area contributed by atoms with E-state index in [1.54, 1.807) is 18.2 Å². The first-order valence-electron chi connectivity index (χ1n) is 6.79. The summed E-state index contributed by atoms with van der Waals surface area (Å²) < 4.78 is 25.3. The van der Waals surface area contributed by atoms with Crippen LogP contribution in [0, 0.1) is 11.3 Å². The smallest absolute Gasteiger partial charge is 0.218 e. The van der Waals surface area contributed by atoms with Crippen molar-refractivity contribution >= 4 is 39.1 Å². The Hall–Kier alpha value is -1.80. The summed E-state index contributed by atoms with van der Waals surface area (Å²) in [6.07, 6.45) is 2.21. The third-order valence-electron chi connectivity index (χ3n) is 3.27. The zero-order chi connectivity index (χ0) is 17.0. The van der Waals surface area contributed by atoms with E-state index < -0.39 is 9.84 Å². The standard InChI is InChI=1S/C17H13Cl2NO2S/c1-2-12-3-5-13(6-4-12)9-15(11-20)23(21,22)17-10-14(18)7-8-16(17)19/h3-10H,2H2,1H3/b15-9+. The number of nitriles is 1. The summed E-state index contributed by atoms with van der Waals surface area (Å²) in [6, 6.07) is 13.2. The molecular formula is C17H13Cl2NO2S. The lowest BCUT2D eigenvalue weighted by atomic mass is 10.1. The molecule has 0 aromatic heterocycles. The van der Waals surface area contributed by atoms with Gasteiger partial charge in [-0.05, 0) is 41.8 Å². The number of nitrogens with zero attached hydrogens (tertiary/aromatic N) is 1. The molecule has 23 heavy (non-hydrogen) atoms. The van der Waals surface area contributed by atoms with Gasteiger partial charge in [0.05, 0.1) is 9.92 Å². The Morgan fingerprint density at radius 2 is 1.83 bits per heavy atom. The van der Waals surface area contributed by atoms with E-state index in [1.165, 1.54) is 24.3 Å². The molecule has 0 bridgehead atoms. The van der Waals surface area contributed by atoms with Crippen molar-refractivity contribution in [3.8, 4) is 6.07 Å². The molecule has 0 fully saturated rings. The van der Waals surface area contributed by atoms with Crippen LogP contribution in [0.25, 0.3) is 6.08 Å². The van der Waals surface area contributed by atoms with Gasteiger partial charge in [0, 0.05) is 5.02 Å². The van der Waals surface area contributed by atoms with Crippen molar-refractivity contribution in [1.29, 1.82) is 5.26 Å². The number of benzene rings is 2. The van der Waals surface area contributed by atoms with Crippen LogP contribution in [0.4, 0.5) is 0 Å². The van der Waals surface area contributed by atoms with Gasteiger partial charge in [-0.2, -0.15) is 5.26 Å². The lowest BCUT2D eigenvalue weighted by Crippen LogP contribution is -2.04. The summed E-state index contributed by atoms with van der Waals surface area (Å²) in [7, 11) is -4.03. The lowest BCUT2D eigenvalue weighted by molar-refractivity contribution is 0.603. The molecule has 6 heteroatoms. The molecular weight excluding hydrogens is 353 g/mol. The molecule has 0 saturated heterocycles. The van der Waals surface area contributed by atoms with Crippen LogP contribution in [0.15, 0.2) is 52.3 Å². The third kappa shape index (κ3) is 3.94. The number of hydrogen-bond donors (Lipinski definition) is 0. The van der Waals surface area contributed by atoms with Crippen molar-refractivity contribution in [2.45, 2.75) is 18.2 Å². The Labute approximate surface area is 145 Å². The Kier molecular flexibility index (Phi) is 5.48. The van der Waals surface area contributed by atoms with Crippen LogP contribution in [0.2, 0.25) is 10.0 Å². The van der Waals surface area contributed by atoms with Crippen molar-refractivity contribution in [3.63, 3.8) is 0 Å². The summed E-state index contributed by atoms with van der Waals surface area (Å²) in [4.78, 5) is -0.560. The van der Waals surface area contributed by atoms with Crippen LogP contribution >= 0.6 is 23.2 Å². The molecule has 0 heterocycles. The molecule has 2 rings (SSSR count). The fraction of sp³-hybridized carbons (Fsp3) is 0.118. The summed E-state index contributed by atoms with van der Waals surface area (Å²) >= 11 is 11.8. The van der Waals surface area contributed by atoms with E-state index in [0.717, 1.165) is 12.0 Å². The highest BCUT2D eigenvalue weighted by atomic mass is 35.5. The van der Waals surface area contributed by atoms with Crippen LogP contribution in [0.1, 0.15) is 18.1 Å². The number of halogens is 2. The summed E-state index contributed by atoms with van der Waals surface area (Å²) in [5.41, 5.74) is 1.75. The molecule has 0 radical (unpaired) electrons. The predicted octanol–water partition coefficient (Wildman–Crippen LogP) is 4.89. The van der Waals surface area contributed by atoms with Crippen LogP contribution in [-0.4, -0.2) is 8.42 Å². The molecule has 0 aliphatic rings. The number of sulfone groups is 1. The van der Waals surface area contributed by atoms with Gasteiger partial charge in [-0.1, -0.05) is 54.4 Å². The van der Waals surface area contributed by atoms with Crippen molar-refractivity contribution in [3.05, 3.63) is 68.5 Å². The maximum absolute atomic E-state index is 12.6. The molecule has 0 spiro atoms. The fourth-order valence-electron chi connectivity index (χ4n) is 1.97. The minimum absolute atomic E-state index is 0.0249. The second-order valence-corrected chi connectivity index (χ2v) is 7.52. The van der Waals surface area contributed by atoms with Crippen LogP contribution in [-0.2, 0) is 16.3 Å². The predicted molar refractivity (Wildman–Crippen MR) is 93.1 cm³/mol. The molecule has 0 aliphatic carbocycles. The van der Waals surface area contributed by atoms with E-state index in [2.05, 4.69) is 0 Å². The first-order valence-corrected chi connectivity index (χ1v) is 9.03. The molecule has 3 nitrogen and oxygen atoms in total. The average Bonchev–Trinajstić information content (AvgIpc) is 2.55. The van der Waals surface area contributed by atoms with Crippen molar-refractivity contribution in [2.75, 3.05) is 0 Å². The summed E-state index contributed by atoms with van der Waals surface area (Å²) in [5.74, 6) is 0. The zero-order valence-electron chi connectivity index (χ0n) is 12.3. The van der Waals surface area contributed by atoms with E-state index in [4.69, 9.17) is 23.2 Å². The maximum Gasteiger partial charge on any atom is 0.218 e. The second-order valence-electron chi connectivity index (χ2n) is 4.79. The molecule has 0 atom stereocenters. The second kappa shape index (κ2) is 7.18. The van der Waals surface area contributed by atoms with Gasteiger partial charge in [-0.25, -0.2) is 8.42 Å². The van der Waals surface area contributed by atoms with Crippen molar-refractivity contribution < 1.29 is 8.42 Å². The quantitative estimate of drug-likeness (QED) is 0.724. The van der Waals surface area contributed by atoms with Gasteiger partial charge in [0.25, 0.3) is 0 Å². The minimum atomic E-state index is -4.03. The molecule has 0 unspecified atom stereocenters. The van der Waals surface area contributed by atoms with Gasteiger partial charge in [0.15, 0.2) is 0 Å². The molecule has 0 N–H and O–H groups in total. The Bertz CT molecular complexity index is 895. The maximum atomic E-state index is 12.6. The topological polar surface area (TPSA) is 57.9 Å². The Balaban J connectivity index is 2.52. The number of allylic oxidation sites excluding steroid dienone is 1. The van der Waals surface area contributed by atoms with Gasteiger partial charge in [0.1, 0.15) is 11.0 Å². The van der Waals surface area contributed by atoms with Crippen LogP contribution in [0.5, 0.6) is 0 Å². The number of hydrogen-bond acceptors (Lipinski definition) is 3. The molecule has 118 valence electrons. The van der Waals surface area contributed by atoms with E-state index in [1.807, 2.05) is 19.1 Å². The van der Waals surface area contributed by atoms with Crippen molar-refractivity contribution in [1.82, 2.24) is 0 Å². The van der Waals surface area contributed by atoms with E-state index >= 15 is 0 Å². The highest BCUT2D eigenvalue weighted by Gasteiger charge is 2.24. The van der Waals surface area contributed by atoms with E-state index in [-0.39, 0.29) is 19.8 Å². The van der Waals surface area contributed by atoms with Crippen LogP contribution < -0.4 is 0 Å². The first-order chi connectivity index (χ1) is 10.9. The molecule has 0 amide bonds. The van der Waals surface area contributed by atoms with Gasteiger partial charge < -0.3 is 0 Å². The minimum Gasteiger partial charge on any atom is -0.218 e. The molecule has 2 aromatic carbocycles. The molecule has 0 aliphatic heterocycles. The number of aryl methyl sites for hydroxylation is 1. The van der Waals surface area contributed by atoms with Gasteiger partial charge >= 0.3 is 0 Å². The molecule has 2 aromatic rings. The summed E-state index contributed by atoms with van der Waals surface area (Å²) in [5, 5.41) is 9.53. The highest BCUT2D eigenvalue weighted by Crippen LogP contribution is 2.30. The SMILES string of the molecule is CCc1ccc(/C=C(\C#N)S(=O)(=O)c2cc(Cl)ccc2Cl)cc1. The Morgan fingerprint density at radius 3 is 2.39 bits per heavy atom. The monoisotopic (exact) mass is 365 g/mol. The third-order valence-corrected chi connectivity index (χ3v) is 5.65. The average molecular weight is 366 g/mol. The van der Waals surface area contributed by atoms with Gasteiger partial charge in [0.2, 0.25) is 9.84 Å². The highest BCUT2D eigenvalue weighted by molar-refractivity contribution is 7.95. The first kappa shape index (κ1) is 17.6. The largest absolute Gasteiger partial charge is 0.218 e. The molecule has 0 saturated carbocycles. The van der Waals surface area contributed by atoms with E-state index in [9.17, 15) is 13.7 Å². The number of rotatable bonds is 4. The van der Waals surface area contributed by atoms with Crippen LogP contribution in [0.3, 0.4) is 0 Å². The fourth-order valence-corrected chi connectivity index (χ4v) is 3.89.